The van der Waals surface area contributed by atoms with Gasteiger partial charge in [0.15, 0.2) is 0 Å². The zero-order chi connectivity index (χ0) is 23.8. The summed E-state index contributed by atoms with van der Waals surface area (Å²) in [6, 6.07) is 0.480. The molecular formula is C25H32N8O2. The molecule has 184 valence electrons. The minimum absolute atomic E-state index is 0.0199. The highest BCUT2D eigenvalue weighted by atomic mass is 16.5. The van der Waals surface area contributed by atoms with E-state index in [-0.39, 0.29) is 11.9 Å². The second-order valence-electron chi connectivity index (χ2n) is 9.79. The number of anilines is 3. The van der Waals surface area contributed by atoms with Crippen LogP contribution in [0, 0.1) is 0 Å². The number of fused-ring (bicyclic) bond motifs is 1. The van der Waals surface area contributed by atoms with Gasteiger partial charge in [-0.15, -0.1) is 0 Å². The van der Waals surface area contributed by atoms with Gasteiger partial charge in [-0.05, 0) is 56.1 Å². The van der Waals surface area contributed by atoms with E-state index in [1.807, 2.05) is 22.0 Å². The van der Waals surface area contributed by atoms with Crippen LogP contribution in [0.25, 0.3) is 11.0 Å². The third kappa shape index (κ3) is 4.62. The van der Waals surface area contributed by atoms with Crippen LogP contribution < -0.4 is 10.6 Å². The highest BCUT2D eigenvalue weighted by Gasteiger charge is 2.30. The van der Waals surface area contributed by atoms with Gasteiger partial charge in [0.2, 0.25) is 11.9 Å². The van der Waals surface area contributed by atoms with E-state index in [1.165, 1.54) is 24.5 Å². The van der Waals surface area contributed by atoms with Crippen LogP contribution in [-0.2, 0) is 9.53 Å². The summed E-state index contributed by atoms with van der Waals surface area (Å²) >= 11 is 0. The number of nitrogens with zero attached hydrogens (tertiary/aromatic N) is 5. The predicted molar refractivity (Wildman–Crippen MR) is 134 cm³/mol. The molecule has 2 aliphatic heterocycles. The lowest BCUT2D eigenvalue weighted by Crippen LogP contribution is -2.44. The minimum atomic E-state index is -0.0199. The Bertz CT molecular complexity index is 1220. The molecule has 0 unspecified atom stereocenters. The second kappa shape index (κ2) is 9.33. The number of aromatic amines is 1. The number of rotatable bonds is 7. The van der Waals surface area contributed by atoms with Crippen LogP contribution in [0.5, 0.6) is 0 Å². The largest absolute Gasteiger partial charge is 0.381 e. The van der Waals surface area contributed by atoms with Gasteiger partial charge < -0.3 is 25.3 Å². The van der Waals surface area contributed by atoms with Gasteiger partial charge in [-0.1, -0.05) is 6.58 Å². The monoisotopic (exact) mass is 476 g/mol. The quantitative estimate of drug-likeness (QED) is 0.446. The van der Waals surface area contributed by atoms with Crippen molar-refractivity contribution in [2.75, 3.05) is 36.9 Å². The van der Waals surface area contributed by atoms with E-state index >= 15 is 0 Å². The van der Waals surface area contributed by atoms with Crippen molar-refractivity contribution < 1.29 is 9.53 Å². The molecule has 0 spiro atoms. The summed E-state index contributed by atoms with van der Waals surface area (Å²) in [7, 11) is 0. The van der Waals surface area contributed by atoms with Crippen molar-refractivity contribution in [3.8, 4) is 0 Å². The molecule has 0 radical (unpaired) electrons. The lowest BCUT2D eigenvalue weighted by Gasteiger charge is -2.33. The Kier molecular flexibility index (Phi) is 5.89. The van der Waals surface area contributed by atoms with Crippen molar-refractivity contribution in [3.63, 3.8) is 0 Å². The third-order valence-corrected chi connectivity index (χ3v) is 7.25. The molecule has 1 aliphatic carbocycles. The van der Waals surface area contributed by atoms with Crippen LogP contribution >= 0.6 is 0 Å². The maximum Gasteiger partial charge on any atom is 0.246 e. The number of aromatic nitrogens is 5. The number of likely N-dealkylation sites (tertiary alicyclic amines) is 1. The van der Waals surface area contributed by atoms with Crippen molar-refractivity contribution in [1.29, 1.82) is 0 Å². The Morgan fingerprint density at radius 2 is 2.06 bits per heavy atom. The van der Waals surface area contributed by atoms with Gasteiger partial charge in [0.25, 0.3) is 0 Å². The number of nitrogens with one attached hydrogen (secondary N) is 3. The summed E-state index contributed by atoms with van der Waals surface area (Å²) in [4.78, 5) is 27.1. The Morgan fingerprint density at radius 3 is 2.86 bits per heavy atom. The molecule has 0 bridgehead atoms. The lowest BCUT2D eigenvalue weighted by molar-refractivity contribution is -0.127. The fourth-order valence-corrected chi connectivity index (χ4v) is 5.23. The fraction of sp³-hybridized carbons (Fsp3) is 0.520. The number of piperidine rings is 1. The minimum Gasteiger partial charge on any atom is -0.381 e. The molecule has 3 N–H and O–H groups in total. The normalized spacial score (nSPS) is 21.3. The van der Waals surface area contributed by atoms with Crippen molar-refractivity contribution >= 4 is 34.4 Å². The molecule has 10 heteroatoms. The lowest BCUT2D eigenvalue weighted by atomic mass is 10.0. The second-order valence-corrected chi connectivity index (χ2v) is 9.79. The Hall–Kier alpha value is -3.40. The molecule has 0 aromatic carbocycles. The molecule has 1 amide bonds. The van der Waals surface area contributed by atoms with Gasteiger partial charge in [-0.2, -0.15) is 15.1 Å². The average Bonchev–Trinajstić information content (AvgIpc) is 3.47. The number of hydrogen-bond donors (Lipinski definition) is 3. The number of H-pyrrole nitrogens is 1. The first kappa shape index (κ1) is 22.1. The van der Waals surface area contributed by atoms with Crippen LogP contribution in [0.4, 0.5) is 17.5 Å². The van der Waals surface area contributed by atoms with Gasteiger partial charge in [-0.3, -0.25) is 9.48 Å². The maximum atomic E-state index is 12.2. The first-order valence-electron chi connectivity index (χ1n) is 12.6. The molecule has 5 heterocycles. The number of hydrogen-bond acceptors (Lipinski definition) is 7. The van der Waals surface area contributed by atoms with Crippen LogP contribution in [0.3, 0.4) is 0 Å². The van der Waals surface area contributed by atoms with Crippen LogP contribution in [0.1, 0.15) is 56.0 Å². The van der Waals surface area contributed by atoms with Crippen molar-refractivity contribution in [2.24, 2.45) is 0 Å². The highest BCUT2D eigenvalue weighted by Crippen LogP contribution is 2.44. The van der Waals surface area contributed by atoms with Gasteiger partial charge in [0, 0.05) is 44.7 Å². The first-order chi connectivity index (χ1) is 17.2. The third-order valence-electron chi connectivity index (χ3n) is 7.25. The molecule has 3 fully saturated rings. The van der Waals surface area contributed by atoms with E-state index in [1.54, 1.807) is 0 Å². The topological polar surface area (TPSA) is 113 Å². The smallest absolute Gasteiger partial charge is 0.246 e. The summed E-state index contributed by atoms with van der Waals surface area (Å²) in [6.07, 6.45) is 13.6. The number of ether oxygens (including phenoxy) is 1. The molecule has 3 aromatic rings. The molecule has 2 saturated heterocycles. The van der Waals surface area contributed by atoms with E-state index in [2.05, 4.69) is 33.5 Å². The zero-order valence-electron chi connectivity index (χ0n) is 19.9. The first-order valence-corrected chi connectivity index (χ1v) is 12.6. The molecule has 3 aliphatic rings. The van der Waals surface area contributed by atoms with Crippen molar-refractivity contribution in [3.05, 3.63) is 36.8 Å². The average molecular weight is 477 g/mol. The molecule has 10 nitrogen and oxygen atoms in total. The number of carbonyl (C=O) groups is 1. The molecule has 6 rings (SSSR count). The zero-order valence-corrected chi connectivity index (χ0v) is 19.9. The molecular weight excluding hydrogens is 444 g/mol. The van der Waals surface area contributed by atoms with Gasteiger partial charge in [0.1, 0.15) is 11.5 Å². The van der Waals surface area contributed by atoms with Gasteiger partial charge >= 0.3 is 0 Å². The molecule has 1 atom stereocenters. The Balaban J connectivity index is 1.27. The molecule has 3 aromatic heterocycles. The Morgan fingerprint density at radius 1 is 1.20 bits per heavy atom. The van der Waals surface area contributed by atoms with Crippen LogP contribution in [0.15, 0.2) is 31.2 Å². The Labute approximate surface area is 204 Å². The standard InChI is InChI=1S/C25H32N8O2/c1-2-21(34)32-9-3-4-17(14-32)28-24-22-20(16-5-6-16)13-26-23(22)30-25(31-24)29-18-12-27-33(15-18)19-7-10-35-11-8-19/h2,12-13,15-17,19H,1,3-11,14H2,(H3,26,28,29,30,31)/t17-/m1/s1. The summed E-state index contributed by atoms with van der Waals surface area (Å²) in [5.74, 6) is 1.88. The van der Waals surface area contributed by atoms with E-state index < -0.39 is 0 Å². The molecule has 1 saturated carbocycles. The van der Waals surface area contributed by atoms with E-state index in [4.69, 9.17) is 14.7 Å². The molecule has 35 heavy (non-hydrogen) atoms. The van der Waals surface area contributed by atoms with Gasteiger partial charge in [-0.25, -0.2) is 0 Å². The summed E-state index contributed by atoms with van der Waals surface area (Å²) < 4.78 is 7.49. The summed E-state index contributed by atoms with van der Waals surface area (Å²) in [5, 5.41) is 12.6. The predicted octanol–water partition coefficient (Wildman–Crippen LogP) is 3.72. The van der Waals surface area contributed by atoms with Gasteiger partial charge in [0.05, 0.1) is 23.3 Å². The van der Waals surface area contributed by atoms with E-state index in [0.29, 0.717) is 24.5 Å². The summed E-state index contributed by atoms with van der Waals surface area (Å²) in [6.45, 7) is 6.59. The number of amides is 1. The van der Waals surface area contributed by atoms with E-state index in [9.17, 15) is 4.79 Å². The van der Waals surface area contributed by atoms with Crippen molar-refractivity contribution in [1.82, 2.24) is 29.6 Å². The maximum absolute atomic E-state index is 12.2. The number of carbonyl (C=O) groups excluding carboxylic acids is 1. The van der Waals surface area contributed by atoms with E-state index in [0.717, 1.165) is 68.0 Å². The van der Waals surface area contributed by atoms with Crippen molar-refractivity contribution in [2.45, 2.75) is 56.5 Å². The highest BCUT2D eigenvalue weighted by molar-refractivity contribution is 5.92. The fourth-order valence-electron chi connectivity index (χ4n) is 5.23. The SMILES string of the molecule is C=CC(=O)N1CCC[C@@H](Nc2nc(Nc3cnn(C4CCOCC4)c3)nc3[nH]cc(C4CC4)c23)C1. The van der Waals surface area contributed by atoms with Crippen LogP contribution in [-0.4, -0.2) is 67.9 Å². The summed E-state index contributed by atoms with van der Waals surface area (Å²) in [5.41, 5.74) is 2.95. The van der Waals surface area contributed by atoms with Crippen LogP contribution in [0.2, 0.25) is 0 Å².